The summed E-state index contributed by atoms with van der Waals surface area (Å²) in [4.78, 5) is 0. The number of hydrogen-bond donors (Lipinski definition) is 0. The SMILES string of the molecule is CC(C)(C)SC1CC[C@H]2[C@@H]3CCC4CCCC[C@]4(C)[C@@H]3CC[C@]12C. The normalized spacial score (nSPS) is 51.6. The van der Waals surface area contributed by atoms with Gasteiger partial charge in [0, 0.05) is 10.00 Å². The van der Waals surface area contributed by atoms with Crippen molar-refractivity contribution in [1.82, 2.24) is 0 Å². The van der Waals surface area contributed by atoms with Crippen molar-refractivity contribution < 1.29 is 0 Å². The molecule has 4 fully saturated rings. The van der Waals surface area contributed by atoms with E-state index in [9.17, 15) is 0 Å². The Morgan fingerprint density at radius 1 is 0.750 bits per heavy atom. The third-order valence-corrected chi connectivity index (χ3v) is 10.8. The van der Waals surface area contributed by atoms with Crippen molar-refractivity contribution >= 4 is 11.8 Å². The fourth-order valence-electron chi connectivity index (χ4n) is 7.87. The van der Waals surface area contributed by atoms with Gasteiger partial charge in [-0.2, -0.15) is 11.8 Å². The van der Waals surface area contributed by atoms with Gasteiger partial charge in [-0.1, -0.05) is 47.5 Å². The van der Waals surface area contributed by atoms with Crippen LogP contribution in [0, 0.1) is 34.5 Å². The van der Waals surface area contributed by atoms with Gasteiger partial charge >= 0.3 is 0 Å². The van der Waals surface area contributed by atoms with Gasteiger partial charge in [0.25, 0.3) is 0 Å². The lowest BCUT2D eigenvalue weighted by Crippen LogP contribution is -2.53. The molecule has 4 aliphatic rings. The second-order valence-corrected chi connectivity index (χ2v) is 13.3. The van der Waals surface area contributed by atoms with Crippen LogP contribution in [-0.2, 0) is 0 Å². The Kier molecular flexibility index (Phi) is 4.39. The summed E-state index contributed by atoms with van der Waals surface area (Å²) in [6, 6.07) is 0. The molecule has 0 aliphatic heterocycles. The molecule has 138 valence electrons. The van der Waals surface area contributed by atoms with Crippen molar-refractivity contribution in [2.75, 3.05) is 0 Å². The average molecular weight is 349 g/mol. The van der Waals surface area contributed by atoms with E-state index in [1.165, 1.54) is 32.1 Å². The van der Waals surface area contributed by atoms with E-state index in [1.54, 1.807) is 32.1 Å². The Morgan fingerprint density at radius 3 is 2.25 bits per heavy atom. The second kappa shape index (κ2) is 5.93. The maximum Gasteiger partial charge on any atom is 0.0109 e. The minimum Gasteiger partial charge on any atom is -0.152 e. The van der Waals surface area contributed by atoms with Gasteiger partial charge in [0.2, 0.25) is 0 Å². The average Bonchev–Trinajstić information content (AvgIpc) is 2.82. The molecule has 24 heavy (non-hydrogen) atoms. The molecular weight excluding hydrogens is 308 g/mol. The standard InChI is InChI=1S/C23H40S/c1-21(2,3)24-20-12-11-18-17-10-9-16-8-6-7-14-22(16,4)19(17)13-15-23(18,20)5/h16-20H,6-15H2,1-5H3/t16?,17-,18-,19+,20?,22-,23-/m0/s1. The smallest absolute Gasteiger partial charge is 0.0109 e. The molecular formula is C23H40S. The van der Waals surface area contributed by atoms with Gasteiger partial charge < -0.3 is 0 Å². The molecule has 0 bridgehead atoms. The number of hydrogen-bond acceptors (Lipinski definition) is 1. The van der Waals surface area contributed by atoms with Crippen LogP contribution in [0.2, 0.25) is 0 Å². The lowest BCUT2D eigenvalue weighted by molar-refractivity contribution is -0.102. The lowest BCUT2D eigenvalue weighted by atomic mass is 9.45. The molecule has 0 aromatic heterocycles. The maximum absolute atomic E-state index is 2.71. The summed E-state index contributed by atoms with van der Waals surface area (Å²) in [5.74, 6) is 4.23. The van der Waals surface area contributed by atoms with Gasteiger partial charge in [0.05, 0.1) is 0 Å². The zero-order valence-electron chi connectivity index (χ0n) is 16.9. The third kappa shape index (κ3) is 2.71. The summed E-state index contributed by atoms with van der Waals surface area (Å²) in [6.07, 6.45) is 15.3. The molecule has 0 N–H and O–H groups in total. The van der Waals surface area contributed by atoms with Gasteiger partial charge in [0.1, 0.15) is 0 Å². The predicted octanol–water partition coefficient (Wildman–Crippen LogP) is 7.32. The van der Waals surface area contributed by atoms with Crippen molar-refractivity contribution in [2.24, 2.45) is 34.5 Å². The first-order valence-corrected chi connectivity index (χ1v) is 11.8. The molecule has 0 radical (unpaired) electrons. The first-order valence-electron chi connectivity index (χ1n) is 10.9. The minimum absolute atomic E-state index is 0.423. The predicted molar refractivity (Wildman–Crippen MR) is 107 cm³/mol. The van der Waals surface area contributed by atoms with E-state index < -0.39 is 0 Å². The minimum atomic E-state index is 0.423. The van der Waals surface area contributed by atoms with E-state index in [4.69, 9.17) is 0 Å². The fraction of sp³-hybridized carbons (Fsp3) is 1.00. The van der Waals surface area contributed by atoms with Gasteiger partial charge in [0.15, 0.2) is 0 Å². The first-order chi connectivity index (χ1) is 11.2. The monoisotopic (exact) mass is 348 g/mol. The van der Waals surface area contributed by atoms with Crippen molar-refractivity contribution in [3.8, 4) is 0 Å². The zero-order chi connectivity index (χ0) is 17.2. The molecule has 4 aliphatic carbocycles. The zero-order valence-corrected chi connectivity index (χ0v) is 17.7. The van der Waals surface area contributed by atoms with Crippen LogP contribution in [0.5, 0.6) is 0 Å². The summed E-state index contributed by atoms with van der Waals surface area (Å²) in [5.41, 5.74) is 1.34. The van der Waals surface area contributed by atoms with E-state index in [2.05, 4.69) is 46.4 Å². The topological polar surface area (TPSA) is 0 Å². The van der Waals surface area contributed by atoms with Crippen molar-refractivity contribution in [3.05, 3.63) is 0 Å². The molecule has 0 saturated heterocycles. The lowest BCUT2D eigenvalue weighted by Gasteiger charge is -2.60. The Bertz CT molecular complexity index is 477. The third-order valence-electron chi connectivity index (χ3n) is 8.99. The molecule has 4 rings (SSSR count). The maximum atomic E-state index is 2.71. The molecule has 2 unspecified atom stereocenters. The summed E-state index contributed by atoms with van der Waals surface area (Å²) >= 11 is 2.31. The van der Waals surface area contributed by atoms with Crippen LogP contribution in [0.15, 0.2) is 0 Å². The van der Waals surface area contributed by atoms with E-state index >= 15 is 0 Å². The van der Waals surface area contributed by atoms with Gasteiger partial charge in [-0.15, -0.1) is 0 Å². The van der Waals surface area contributed by atoms with Crippen LogP contribution in [0.4, 0.5) is 0 Å². The quantitative estimate of drug-likeness (QED) is 0.478. The summed E-state index contributed by atoms with van der Waals surface area (Å²) < 4.78 is 0.423. The van der Waals surface area contributed by atoms with Crippen LogP contribution < -0.4 is 0 Å². The molecule has 0 aromatic carbocycles. The second-order valence-electron chi connectivity index (χ2n) is 11.2. The summed E-state index contributed by atoms with van der Waals surface area (Å²) in [5, 5.41) is 0.917. The molecule has 1 heteroatoms. The molecule has 0 nitrogen and oxygen atoms in total. The largest absolute Gasteiger partial charge is 0.152 e. The highest BCUT2D eigenvalue weighted by atomic mass is 32.2. The number of thioether (sulfide) groups is 1. The summed E-state index contributed by atoms with van der Waals surface area (Å²) in [6.45, 7) is 12.7. The van der Waals surface area contributed by atoms with Gasteiger partial charge in [-0.05, 0) is 85.9 Å². The van der Waals surface area contributed by atoms with Crippen molar-refractivity contribution in [1.29, 1.82) is 0 Å². The number of rotatable bonds is 1. The van der Waals surface area contributed by atoms with Crippen LogP contribution in [-0.4, -0.2) is 10.00 Å². The van der Waals surface area contributed by atoms with E-state index in [1.807, 2.05) is 0 Å². The number of fused-ring (bicyclic) bond motifs is 5. The molecule has 0 aromatic rings. The van der Waals surface area contributed by atoms with Crippen LogP contribution >= 0.6 is 11.8 Å². The Labute approximate surface area is 155 Å². The fourth-order valence-corrected chi connectivity index (χ4v) is 9.54. The van der Waals surface area contributed by atoms with E-state index in [0.717, 1.165) is 28.9 Å². The highest BCUT2D eigenvalue weighted by molar-refractivity contribution is 8.01. The van der Waals surface area contributed by atoms with Crippen molar-refractivity contribution in [3.63, 3.8) is 0 Å². The Hall–Kier alpha value is 0.350. The Morgan fingerprint density at radius 2 is 1.50 bits per heavy atom. The summed E-state index contributed by atoms with van der Waals surface area (Å²) in [7, 11) is 0. The molecule has 7 atom stereocenters. The van der Waals surface area contributed by atoms with Gasteiger partial charge in [-0.3, -0.25) is 0 Å². The Balaban J connectivity index is 1.57. The molecule has 0 spiro atoms. The van der Waals surface area contributed by atoms with E-state index in [-0.39, 0.29) is 0 Å². The van der Waals surface area contributed by atoms with E-state index in [0.29, 0.717) is 15.6 Å². The highest BCUT2D eigenvalue weighted by Crippen LogP contribution is 2.68. The highest BCUT2D eigenvalue weighted by Gasteiger charge is 2.59. The van der Waals surface area contributed by atoms with Gasteiger partial charge in [-0.25, -0.2) is 0 Å². The van der Waals surface area contributed by atoms with Crippen LogP contribution in [0.25, 0.3) is 0 Å². The molecule has 0 heterocycles. The molecule has 0 amide bonds. The van der Waals surface area contributed by atoms with Crippen LogP contribution in [0.1, 0.15) is 98.8 Å². The molecule has 4 saturated carbocycles. The van der Waals surface area contributed by atoms with Crippen LogP contribution in [0.3, 0.4) is 0 Å². The first kappa shape index (κ1) is 17.7. The van der Waals surface area contributed by atoms with Crippen molar-refractivity contribution in [2.45, 2.75) is 109 Å².